The van der Waals surface area contributed by atoms with E-state index < -0.39 is 0 Å². The molecule has 2 rings (SSSR count). The maximum absolute atomic E-state index is 12.2. The van der Waals surface area contributed by atoms with E-state index >= 15 is 0 Å². The van der Waals surface area contributed by atoms with Gasteiger partial charge in [-0.3, -0.25) is 9.59 Å². The first-order valence-corrected chi connectivity index (χ1v) is 11.3. The van der Waals surface area contributed by atoms with Crippen molar-refractivity contribution in [2.75, 3.05) is 19.8 Å². The minimum absolute atomic E-state index is 0.135. The van der Waals surface area contributed by atoms with Crippen molar-refractivity contribution in [3.05, 3.63) is 28.8 Å². The molecule has 6 heteroatoms. The molecule has 6 nitrogen and oxygen atoms in total. The fraction of sp³-hybridized carbons (Fsp3) is 0.680. The maximum atomic E-state index is 12.2. The van der Waals surface area contributed by atoms with Crippen LogP contribution < -0.4 is 5.32 Å². The van der Waals surface area contributed by atoms with E-state index in [4.69, 9.17) is 9.47 Å². The number of phenols is 1. The van der Waals surface area contributed by atoms with Gasteiger partial charge in [0.2, 0.25) is 5.91 Å². The first-order valence-electron chi connectivity index (χ1n) is 11.3. The van der Waals surface area contributed by atoms with E-state index in [1.54, 1.807) is 0 Å². The molecule has 1 saturated heterocycles. The van der Waals surface area contributed by atoms with Crippen LogP contribution in [0.5, 0.6) is 5.75 Å². The molecule has 1 amide bonds. The molecule has 0 aromatic heterocycles. The van der Waals surface area contributed by atoms with Crippen molar-refractivity contribution < 1.29 is 24.2 Å². The van der Waals surface area contributed by atoms with Gasteiger partial charge in [0.05, 0.1) is 6.54 Å². The molecule has 31 heavy (non-hydrogen) atoms. The van der Waals surface area contributed by atoms with Gasteiger partial charge < -0.3 is 19.9 Å². The van der Waals surface area contributed by atoms with Crippen molar-refractivity contribution in [3.8, 4) is 5.75 Å². The van der Waals surface area contributed by atoms with E-state index in [-0.39, 0.29) is 48.4 Å². The number of nitrogens with one attached hydrogen (secondary N) is 1. The van der Waals surface area contributed by atoms with Crippen LogP contribution in [-0.2, 0) is 36.3 Å². The molecule has 0 radical (unpaired) electrons. The van der Waals surface area contributed by atoms with Crippen LogP contribution in [0.15, 0.2) is 12.1 Å². The lowest BCUT2D eigenvalue weighted by Crippen LogP contribution is -2.39. The van der Waals surface area contributed by atoms with Gasteiger partial charge in [0, 0.05) is 13.0 Å². The predicted molar refractivity (Wildman–Crippen MR) is 121 cm³/mol. The highest BCUT2D eigenvalue weighted by atomic mass is 16.5. The number of rotatable bonds is 7. The van der Waals surface area contributed by atoms with Gasteiger partial charge in [-0.2, -0.15) is 0 Å². The summed E-state index contributed by atoms with van der Waals surface area (Å²) in [7, 11) is 0. The summed E-state index contributed by atoms with van der Waals surface area (Å²) in [6.07, 6.45) is 3.14. The number of benzene rings is 1. The van der Waals surface area contributed by atoms with Crippen molar-refractivity contribution in [1.29, 1.82) is 0 Å². The Morgan fingerprint density at radius 2 is 1.71 bits per heavy atom. The lowest BCUT2D eigenvalue weighted by atomic mass is 9.78. The molecule has 1 unspecified atom stereocenters. The number of carbonyl (C=O) groups excluding carboxylic acids is 2. The normalized spacial score (nSPS) is 17.3. The van der Waals surface area contributed by atoms with Crippen molar-refractivity contribution >= 4 is 11.9 Å². The molecule has 2 N–H and O–H groups in total. The molecule has 1 aromatic carbocycles. The Morgan fingerprint density at radius 3 is 2.23 bits per heavy atom. The number of ether oxygens (including phenoxy) is 2. The number of phenolic OH excluding ortho intramolecular Hbond substituents is 1. The van der Waals surface area contributed by atoms with Gasteiger partial charge in [-0.05, 0) is 53.2 Å². The third kappa shape index (κ3) is 7.53. The number of aromatic hydroxyl groups is 1. The number of hydrogen-bond donors (Lipinski definition) is 2. The van der Waals surface area contributed by atoms with Crippen LogP contribution in [0.25, 0.3) is 0 Å². The van der Waals surface area contributed by atoms with Crippen LogP contribution in [0.1, 0.15) is 83.9 Å². The zero-order chi connectivity index (χ0) is 23.2. The second-order valence-electron chi connectivity index (χ2n) is 10.4. The fourth-order valence-corrected chi connectivity index (χ4v) is 3.70. The van der Waals surface area contributed by atoms with Crippen LogP contribution in [0.4, 0.5) is 0 Å². The molecule has 0 spiro atoms. The minimum Gasteiger partial charge on any atom is -0.507 e. The summed E-state index contributed by atoms with van der Waals surface area (Å²) in [5.74, 6) is -0.0980. The molecular formula is C25H39NO5. The van der Waals surface area contributed by atoms with E-state index in [0.717, 1.165) is 36.0 Å². The third-order valence-corrected chi connectivity index (χ3v) is 5.54. The summed E-state index contributed by atoms with van der Waals surface area (Å²) >= 11 is 0. The molecule has 0 bridgehead atoms. The summed E-state index contributed by atoms with van der Waals surface area (Å²) in [6, 6.07) is 3.98. The molecule has 174 valence electrons. The van der Waals surface area contributed by atoms with Crippen LogP contribution in [0.2, 0.25) is 0 Å². The first-order chi connectivity index (χ1) is 14.4. The maximum Gasteiger partial charge on any atom is 0.306 e. The van der Waals surface area contributed by atoms with Gasteiger partial charge in [0.25, 0.3) is 0 Å². The second kappa shape index (κ2) is 10.5. The van der Waals surface area contributed by atoms with E-state index in [1.165, 1.54) is 0 Å². The van der Waals surface area contributed by atoms with Gasteiger partial charge in [-0.15, -0.1) is 0 Å². The Hall–Kier alpha value is -2.08. The number of carbonyl (C=O) groups is 2. The molecule has 1 fully saturated rings. The summed E-state index contributed by atoms with van der Waals surface area (Å²) in [4.78, 5) is 24.2. The quantitative estimate of drug-likeness (QED) is 0.498. The van der Waals surface area contributed by atoms with E-state index in [2.05, 4.69) is 46.9 Å². The third-order valence-electron chi connectivity index (χ3n) is 5.54. The van der Waals surface area contributed by atoms with Gasteiger partial charge in [0.15, 0.2) is 0 Å². The summed E-state index contributed by atoms with van der Waals surface area (Å²) in [5.41, 5.74) is 2.36. The minimum atomic E-state index is -0.382. The fourth-order valence-electron chi connectivity index (χ4n) is 3.70. The lowest BCUT2D eigenvalue weighted by Gasteiger charge is -2.28. The summed E-state index contributed by atoms with van der Waals surface area (Å²) in [6.45, 7) is 13.5. The molecule has 0 saturated carbocycles. The number of hydrogen-bond acceptors (Lipinski definition) is 5. The molecule has 0 aliphatic carbocycles. The Labute approximate surface area is 186 Å². The zero-order valence-electron chi connectivity index (χ0n) is 20.0. The highest BCUT2D eigenvalue weighted by Gasteiger charge is 2.26. The Morgan fingerprint density at radius 1 is 1.10 bits per heavy atom. The Balaban J connectivity index is 1.87. The largest absolute Gasteiger partial charge is 0.507 e. The number of aryl methyl sites for hydroxylation is 1. The van der Waals surface area contributed by atoms with E-state index in [0.29, 0.717) is 18.8 Å². The Kier molecular flexibility index (Phi) is 8.52. The predicted octanol–water partition coefficient (Wildman–Crippen LogP) is 4.15. The molecule has 1 aliphatic rings. The monoisotopic (exact) mass is 433 g/mol. The van der Waals surface area contributed by atoms with Crippen molar-refractivity contribution in [2.24, 2.45) is 0 Å². The topological polar surface area (TPSA) is 84.9 Å². The molecule has 1 aromatic rings. The Bertz CT molecular complexity index is 732. The molecule has 1 heterocycles. The van der Waals surface area contributed by atoms with Gasteiger partial charge >= 0.3 is 5.97 Å². The number of amides is 1. The van der Waals surface area contributed by atoms with E-state index in [9.17, 15) is 14.7 Å². The van der Waals surface area contributed by atoms with Crippen LogP contribution >= 0.6 is 0 Å². The SMILES string of the molecule is CC(C)(C)c1cc(CCC(=O)OCCNC(=O)C2CCCCO2)cc(C(C)(C)C)c1O. The summed E-state index contributed by atoms with van der Waals surface area (Å²) < 4.78 is 10.7. The average Bonchev–Trinajstić information content (AvgIpc) is 2.69. The van der Waals surface area contributed by atoms with E-state index in [1.807, 2.05) is 12.1 Å². The van der Waals surface area contributed by atoms with Gasteiger partial charge in [0.1, 0.15) is 18.5 Å². The second-order valence-corrected chi connectivity index (χ2v) is 10.4. The molecule has 1 aliphatic heterocycles. The lowest BCUT2D eigenvalue weighted by molar-refractivity contribution is -0.144. The van der Waals surface area contributed by atoms with Crippen molar-refractivity contribution in [2.45, 2.75) is 90.6 Å². The highest BCUT2D eigenvalue weighted by Crippen LogP contribution is 2.40. The van der Waals surface area contributed by atoms with Crippen LogP contribution in [-0.4, -0.2) is 42.8 Å². The van der Waals surface area contributed by atoms with Crippen LogP contribution in [0, 0.1) is 0 Å². The number of esters is 1. The highest BCUT2D eigenvalue weighted by molar-refractivity contribution is 5.80. The van der Waals surface area contributed by atoms with Gasteiger partial charge in [-0.1, -0.05) is 53.7 Å². The van der Waals surface area contributed by atoms with Crippen molar-refractivity contribution in [1.82, 2.24) is 5.32 Å². The van der Waals surface area contributed by atoms with Gasteiger partial charge in [-0.25, -0.2) is 0 Å². The molecule has 1 atom stereocenters. The van der Waals surface area contributed by atoms with Crippen molar-refractivity contribution in [3.63, 3.8) is 0 Å². The average molecular weight is 434 g/mol. The molecular weight excluding hydrogens is 394 g/mol. The summed E-state index contributed by atoms with van der Waals surface area (Å²) in [5, 5.41) is 13.6. The smallest absolute Gasteiger partial charge is 0.306 e. The standard InChI is InChI=1S/C25H39NO5/c1-24(2,3)18-15-17(16-19(22(18)28)25(4,5)6)10-11-21(27)31-14-12-26-23(29)20-9-7-8-13-30-20/h15-16,20,28H,7-14H2,1-6H3,(H,26,29). The zero-order valence-corrected chi connectivity index (χ0v) is 20.0. The van der Waals surface area contributed by atoms with Crippen LogP contribution in [0.3, 0.4) is 0 Å². The first kappa shape index (κ1) is 25.2.